The first kappa shape index (κ1) is 17.4. The van der Waals surface area contributed by atoms with Crippen LogP contribution in [0.1, 0.15) is 18.0 Å². The monoisotopic (exact) mass is 359 g/mol. The molecule has 1 heterocycles. The fourth-order valence-electron chi connectivity index (χ4n) is 2.74. The highest BCUT2D eigenvalue weighted by atomic mass is 35.5. The van der Waals surface area contributed by atoms with Crippen LogP contribution in [0.4, 0.5) is 0 Å². The van der Waals surface area contributed by atoms with Crippen LogP contribution in [0.5, 0.6) is 11.5 Å². The highest BCUT2D eigenvalue weighted by Gasteiger charge is 2.21. The maximum absolute atomic E-state index is 6.08. The van der Waals surface area contributed by atoms with Crippen LogP contribution in [-0.4, -0.2) is 32.8 Å². The number of fused-ring (bicyclic) bond motifs is 1. The predicted octanol–water partition coefficient (Wildman–Crippen LogP) is 3.41. The van der Waals surface area contributed by atoms with Crippen LogP contribution in [0.2, 0.25) is 5.02 Å². The Balaban J connectivity index is 1.50. The van der Waals surface area contributed by atoms with Gasteiger partial charge in [-0.1, -0.05) is 41.9 Å². The number of benzene rings is 2. The smallest absolute Gasteiger partial charge is 0.191 e. The first-order chi connectivity index (χ1) is 12.3. The average molecular weight is 360 g/mol. The number of aliphatic imine (C=N–C) groups is 1. The lowest BCUT2D eigenvalue weighted by atomic mass is 10.0. The molecule has 0 spiro atoms. The molecule has 2 N–H and O–H groups in total. The van der Waals surface area contributed by atoms with E-state index in [1.807, 2.05) is 42.5 Å². The summed E-state index contributed by atoms with van der Waals surface area (Å²) in [7, 11) is 1.76. The Morgan fingerprint density at radius 3 is 2.88 bits per heavy atom. The maximum atomic E-state index is 6.08. The number of hydrogen-bond donors (Lipinski definition) is 2. The third-order valence-electron chi connectivity index (χ3n) is 3.98. The second-order valence-electron chi connectivity index (χ2n) is 5.65. The van der Waals surface area contributed by atoms with Gasteiger partial charge in [0.2, 0.25) is 0 Å². The number of guanidine groups is 1. The minimum atomic E-state index is 0.181. The summed E-state index contributed by atoms with van der Waals surface area (Å²) in [4.78, 5) is 4.29. The molecule has 1 unspecified atom stereocenters. The van der Waals surface area contributed by atoms with Gasteiger partial charge < -0.3 is 20.1 Å². The summed E-state index contributed by atoms with van der Waals surface area (Å²) >= 11 is 6.08. The van der Waals surface area contributed by atoms with E-state index in [-0.39, 0.29) is 6.04 Å². The van der Waals surface area contributed by atoms with Crippen LogP contribution in [0.25, 0.3) is 0 Å². The van der Waals surface area contributed by atoms with Gasteiger partial charge in [0.1, 0.15) is 18.1 Å². The van der Waals surface area contributed by atoms with Gasteiger partial charge in [0.25, 0.3) is 0 Å². The second kappa shape index (κ2) is 8.62. The Kier molecular flexibility index (Phi) is 6.01. The molecular weight excluding hydrogens is 338 g/mol. The summed E-state index contributed by atoms with van der Waals surface area (Å²) in [5.41, 5.74) is 1.16. The van der Waals surface area contributed by atoms with Gasteiger partial charge in [-0.3, -0.25) is 4.99 Å². The Labute approximate surface area is 153 Å². The molecule has 0 saturated carbocycles. The van der Waals surface area contributed by atoms with Crippen molar-refractivity contribution in [3.8, 4) is 11.5 Å². The Bertz CT molecular complexity index is 736. The number of nitrogens with zero attached hydrogens (tertiary/aromatic N) is 1. The SMILES string of the molecule is CN=C(NCCOc1ccccc1Cl)NC1CCOc2ccccc21. The molecule has 0 bridgehead atoms. The Hall–Kier alpha value is -2.40. The fraction of sp³-hybridized carbons (Fsp3) is 0.316. The summed E-state index contributed by atoms with van der Waals surface area (Å²) in [6, 6.07) is 15.7. The third-order valence-corrected chi connectivity index (χ3v) is 4.29. The summed E-state index contributed by atoms with van der Waals surface area (Å²) in [5, 5.41) is 7.33. The molecule has 2 aromatic carbocycles. The lowest BCUT2D eigenvalue weighted by molar-refractivity contribution is 0.261. The fourth-order valence-corrected chi connectivity index (χ4v) is 2.93. The number of para-hydroxylation sites is 2. The molecule has 0 aliphatic carbocycles. The van der Waals surface area contributed by atoms with Crippen molar-refractivity contribution in [3.63, 3.8) is 0 Å². The van der Waals surface area contributed by atoms with Crippen molar-refractivity contribution in [2.45, 2.75) is 12.5 Å². The largest absolute Gasteiger partial charge is 0.493 e. The zero-order chi connectivity index (χ0) is 17.5. The van der Waals surface area contributed by atoms with E-state index in [9.17, 15) is 0 Å². The molecule has 132 valence electrons. The third kappa shape index (κ3) is 4.57. The molecule has 5 nitrogen and oxygen atoms in total. The molecule has 1 atom stereocenters. The Morgan fingerprint density at radius 2 is 2.04 bits per heavy atom. The van der Waals surface area contributed by atoms with Crippen molar-refractivity contribution in [2.75, 3.05) is 26.8 Å². The molecule has 1 aliphatic rings. The molecule has 2 aromatic rings. The number of halogens is 1. The highest BCUT2D eigenvalue weighted by molar-refractivity contribution is 6.32. The van der Waals surface area contributed by atoms with Gasteiger partial charge in [0.05, 0.1) is 24.2 Å². The molecule has 25 heavy (non-hydrogen) atoms. The van der Waals surface area contributed by atoms with Crippen LogP contribution in [0.15, 0.2) is 53.5 Å². The van der Waals surface area contributed by atoms with E-state index in [0.29, 0.717) is 30.5 Å². The molecule has 1 aliphatic heterocycles. The number of nitrogens with one attached hydrogen (secondary N) is 2. The normalized spacial score (nSPS) is 16.6. The van der Waals surface area contributed by atoms with Gasteiger partial charge in [-0.25, -0.2) is 0 Å². The lowest BCUT2D eigenvalue weighted by Crippen LogP contribution is -2.42. The topological polar surface area (TPSA) is 54.9 Å². The van der Waals surface area contributed by atoms with Gasteiger partial charge in [-0.2, -0.15) is 0 Å². The molecule has 6 heteroatoms. The molecule has 0 fully saturated rings. The molecule has 0 amide bonds. The zero-order valence-corrected chi connectivity index (χ0v) is 14.9. The first-order valence-electron chi connectivity index (χ1n) is 8.34. The molecule has 0 radical (unpaired) electrons. The van der Waals surface area contributed by atoms with Crippen molar-refractivity contribution in [1.29, 1.82) is 0 Å². The Morgan fingerprint density at radius 1 is 1.24 bits per heavy atom. The standard InChI is InChI=1S/C19H22ClN3O2/c1-21-19(22-11-13-25-18-9-5-3-7-15(18)20)23-16-10-12-24-17-8-4-2-6-14(16)17/h2-9,16H,10-13H2,1H3,(H2,21,22,23). The van der Waals surface area contributed by atoms with Gasteiger partial charge in [0.15, 0.2) is 5.96 Å². The van der Waals surface area contributed by atoms with Crippen LogP contribution in [0.3, 0.4) is 0 Å². The zero-order valence-electron chi connectivity index (χ0n) is 14.2. The highest BCUT2D eigenvalue weighted by Crippen LogP contribution is 2.31. The van der Waals surface area contributed by atoms with Crippen LogP contribution >= 0.6 is 11.6 Å². The van der Waals surface area contributed by atoms with Crippen LogP contribution in [-0.2, 0) is 0 Å². The second-order valence-corrected chi connectivity index (χ2v) is 6.06. The summed E-state index contributed by atoms with van der Waals surface area (Å²) in [5.74, 6) is 2.36. The minimum absolute atomic E-state index is 0.181. The quantitative estimate of drug-likeness (QED) is 0.488. The van der Waals surface area contributed by atoms with Crippen LogP contribution < -0.4 is 20.1 Å². The van der Waals surface area contributed by atoms with E-state index >= 15 is 0 Å². The first-order valence-corrected chi connectivity index (χ1v) is 8.72. The summed E-state index contributed by atoms with van der Waals surface area (Å²) in [6.45, 7) is 1.81. The van der Waals surface area contributed by atoms with Crippen LogP contribution in [0, 0.1) is 0 Å². The summed E-state index contributed by atoms with van der Waals surface area (Å²) < 4.78 is 11.4. The van der Waals surface area contributed by atoms with Gasteiger partial charge in [-0.15, -0.1) is 0 Å². The minimum Gasteiger partial charge on any atom is -0.493 e. The van der Waals surface area contributed by atoms with Crippen molar-refractivity contribution in [3.05, 3.63) is 59.1 Å². The molecule has 3 rings (SSSR count). The molecule has 0 aromatic heterocycles. The molecule has 0 saturated heterocycles. The van der Waals surface area contributed by atoms with E-state index in [4.69, 9.17) is 21.1 Å². The van der Waals surface area contributed by atoms with Crippen molar-refractivity contribution in [1.82, 2.24) is 10.6 Å². The average Bonchev–Trinajstić information content (AvgIpc) is 2.65. The maximum Gasteiger partial charge on any atom is 0.191 e. The predicted molar refractivity (Wildman–Crippen MR) is 101 cm³/mol. The van der Waals surface area contributed by atoms with Gasteiger partial charge >= 0.3 is 0 Å². The van der Waals surface area contributed by atoms with Crippen molar-refractivity contribution >= 4 is 17.6 Å². The van der Waals surface area contributed by atoms with E-state index in [1.54, 1.807) is 7.05 Å². The van der Waals surface area contributed by atoms with Crippen molar-refractivity contribution in [2.24, 2.45) is 4.99 Å². The summed E-state index contributed by atoms with van der Waals surface area (Å²) in [6.07, 6.45) is 0.897. The number of ether oxygens (including phenoxy) is 2. The molecular formula is C19H22ClN3O2. The van der Waals surface area contributed by atoms with E-state index in [2.05, 4.69) is 21.7 Å². The van der Waals surface area contributed by atoms with Crippen molar-refractivity contribution < 1.29 is 9.47 Å². The van der Waals surface area contributed by atoms with E-state index in [1.165, 1.54) is 0 Å². The van der Waals surface area contributed by atoms with Gasteiger partial charge in [-0.05, 0) is 18.2 Å². The van der Waals surface area contributed by atoms with E-state index in [0.717, 1.165) is 23.7 Å². The lowest BCUT2D eigenvalue weighted by Gasteiger charge is -2.28. The van der Waals surface area contributed by atoms with Gasteiger partial charge in [0, 0.05) is 19.0 Å². The number of rotatable bonds is 5. The van der Waals surface area contributed by atoms with E-state index < -0.39 is 0 Å². The number of hydrogen-bond acceptors (Lipinski definition) is 3.